The fourth-order valence-electron chi connectivity index (χ4n) is 2.10. The maximum absolute atomic E-state index is 3.23. The minimum atomic E-state index is 1.08. The van der Waals surface area contributed by atoms with Crippen molar-refractivity contribution in [3.8, 4) is 11.1 Å². The minimum absolute atomic E-state index is 1.08. The number of anilines is 3. The van der Waals surface area contributed by atoms with Gasteiger partial charge >= 0.3 is 0 Å². The molecule has 0 saturated carbocycles. The van der Waals surface area contributed by atoms with Crippen LogP contribution in [0.15, 0.2) is 42.5 Å². The molecule has 0 spiro atoms. The van der Waals surface area contributed by atoms with E-state index in [2.05, 4.69) is 52.3 Å². The van der Waals surface area contributed by atoms with Gasteiger partial charge in [0.05, 0.1) is 17.1 Å². The van der Waals surface area contributed by atoms with Crippen molar-refractivity contribution in [2.75, 3.05) is 37.1 Å². The van der Waals surface area contributed by atoms with Gasteiger partial charge in [0.1, 0.15) is 0 Å². The molecule has 3 heteroatoms. The quantitative estimate of drug-likeness (QED) is 0.767. The third-order valence-electron chi connectivity index (χ3n) is 3.03. The molecule has 0 heterocycles. The Morgan fingerprint density at radius 3 is 1.67 bits per heavy atom. The van der Waals surface area contributed by atoms with E-state index in [1.807, 2.05) is 27.2 Å². The van der Waals surface area contributed by atoms with E-state index in [0.29, 0.717) is 0 Å². The van der Waals surface area contributed by atoms with Gasteiger partial charge in [-0.2, -0.15) is 0 Å². The molecule has 0 aromatic heterocycles. The van der Waals surface area contributed by atoms with Gasteiger partial charge in [0, 0.05) is 21.1 Å². The number of benzene rings is 2. The van der Waals surface area contributed by atoms with Crippen molar-refractivity contribution in [3.63, 3.8) is 0 Å². The molecule has 2 rings (SSSR count). The first kappa shape index (κ1) is 12.3. The first-order valence-corrected chi connectivity index (χ1v) is 6.07. The Hall–Kier alpha value is -2.16. The van der Waals surface area contributed by atoms with E-state index in [-0.39, 0.29) is 0 Å². The zero-order valence-corrected chi connectivity index (χ0v) is 11.0. The monoisotopic (exact) mass is 241 g/mol. The molecule has 94 valence electrons. The van der Waals surface area contributed by atoms with Gasteiger partial charge in [-0.1, -0.05) is 30.3 Å². The highest BCUT2D eigenvalue weighted by Crippen LogP contribution is 2.35. The van der Waals surface area contributed by atoms with Gasteiger partial charge in [0.25, 0.3) is 0 Å². The molecular weight excluding hydrogens is 222 g/mol. The predicted molar refractivity (Wildman–Crippen MR) is 80.5 cm³/mol. The minimum Gasteiger partial charge on any atom is -0.386 e. The van der Waals surface area contributed by atoms with E-state index in [9.17, 15) is 0 Å². The van der Waals surface area contributed by atoms with Crippen LogP contribution in [0.5, 0.6) is 0 Å². The van der Waals surface area contributed by atoms with E-state index < -0.39 is 0 Å². The van der Waals surface area contributed by atoms with Crippen LogP contribution in [0, 0.1) is 0 Å². The lowest BCUT2D eigenvalue weighted by molar-refractivity contribution is 1.41. The summed E-state index contributed by atoms with van der Waals surface area (Å²) in [6.45, 7) is 0. The van der Waals surface area contributed by atoms with Gasteiger partial charge in [0.15, 0.2) is 0 Å². The van der Waals surface area contributed by atoms with Crippen molar-refractivity contribution in [2.45, 2.75) is 0 Å². The maximum atomic E-state index is 3.23. The molecular formula is C15H19N3. The zero-order valence-electron chi connectivity index (χ0n) is 11.0. The van der Waals surface area contributed by atoms with Gasteiger partial charge in [0.2, 0.25) is 0 Å². The Morgan fingerprint density at radius 1 is 0.667 bits per heavy atom. The number of nitrogens with one attached hydrogen (secondary N) is 3. The average Bonchev–Trinajstić information content (AvgIpc) is 2.46. The van der Waals surface area contributed by atoms with Crippen molar-refractivity contribution in [2.24, 2.45) is 0 Å². The molecule has 0 aliphatic rings. The first-order valence-electron chi connectivity index (χ1n) is 6.07. The molecule has 0 fully saturated rings. The van der Waals surface area contributed by atoms with Crippen LogP contribution >= 0.6 is 0 Å². The summed E-state index contributed by atoms with van der Waals surface area (Å²) in [5.41, 5.74) is 5.67. The smallest absolute Gasteiger partial charge is 0.0809 e. The Labute approximate surface area is 108 Å². The van der Waals surface area contributed by atoms with Crippen molar-refractivity contribution in [3.05, 3.63) is 42.5 Å². The highest BCUT2D eigenvalue weighted by atomic mass is 15.0. The molecule has 2 aromatic rings. The maximum Gasteiger partial charge on any atom is 0.0809 e. The molecule has 3 nitrogen and oxygen atoms in total. The van der Waals surface area contributed by atoms with Gasteiger partial charge < -0.3 is 16.0 Å². The average molecular weight is 241 g/mol. The third kappa shape index (κ3) is 2.25. The topological polar surface area (TPSA) is 36.1 Å². The summed E-state index contributed by atoms with van der Waals surface area (Å²) < 4.78 is 0. The van der Waals surface area contributed by atoms with Crippen LogP contribution in [-0.4, -0.2) is 21.1 Å². The Morgan fingerprint density at radius 2 is 1.22 bits per heavy atom. The number of hydrogen-bond acceptors (Lipinski definition) is 3. The van der Waals surface area contributed by atoms with Crippen molar-refractivity contribution in [1.82, 2.24) is 0 Å². The van der Waals surface area contributed by atoms with E-state index in [0.717, 1.165) is 17.1 Å². The number of hydrogen-bond donors (Lipinski definition) is 3. The third-order valence-corrected chi connectivity index (χ3v) is 3.03. The van der Waals surface area contributed by atoms with Gasteiger partial charge in [-0.25, -0.2) is 0 Å². The highest BCUT2D eigenvalue weighted by Gasteiger charge is 2.08. The second kappa shape index (κ2) is 5.45. The predicted octanol–water partition coefficient (Wildman–Crippen LogP) is 3.48. The molecule has 0 atom stereocenters. The van der Waals surface area contributed by atoms with Gasteiger partial charge in [-0.05, 0) is 23.3 Å². The number of rotatable bonds is 4. The molecule has 3 N–H and O–H groups in total. The lowest BCUT2D eigenvalue weighted by atomic mass is 10.0. The van der Waals surface area contributed by atoms with Crippen LogP contribution in [0.2, 0.25) is 0 Å². The second-order valence-electron chi connectivity index (χ2n) is 4.06. The fourth-order valence-corrected chi connectivity index (χ4v) is 2.10. The largest absolute Gasteiger partial charge is 0.386 e. The standard InChI is InChI=1S/C15H19N3/c1-16-13-9-12(11-7-5-4-6-8-11)10-14(17-2)15(13)18-3/h4-10,16-18H,1-3H3. The van der Waals surface area contributed by atoms with Crippen LogP contribution in [0.4, 0.5) is 17.1 Å². The lowest BCUT2D eigenvalue weighted by Crippen LogP contribution is -2.02. The molecule has 18 heavy (non-hydrogen) atoms. The SMILES string of the molecule is CNc1cc(-c2ccccc2)cc(NC)c1NC. The molecule has 0 bridgehead atoms. The summed E-state index contributed by atoms with van der Waals surface area (Å²) in [6.07, 6.45) is 0. The molecule has 0 aliphatic heterocycles. The Bertz CT molecular complexity index is 496. The summed E-state index contributed by atoms with van der Waals surface area (Å²) in [5, 5.41) is 9.68. The molecule has 2 aromatic carbocycles. The van der Waals surface area contributed by atoms with Crippen LogP contribution in [0.3, 0.4) is 0 Å². The van der Waals surface area contributed by atoms with E-state index >= 15 is 0 Å². The van der Waals surface area contributed by atoms with Crippen LogP contribution in [0.25, 0.3) is 11.1 Å². The molecule has 0 unspecified atom stereocenters. The summed E-state index contributed by atoms with van der Waals surface area (Å²) in [6, 6.07) is 14.7. The lowest BCUT2D eigenvalue weighted by Gasteiger charge is -2.16. The summed E-state index contributed by atoms with van der Waals surface area (Å²) in [4.78, 5) is 0. The summed E-state index contributed by atoms with van der Waals surface area (Å²) in [5.74, 6) is 0. The molecule has 0 radical (unpaired) electrons. The summed E-state index contributed by atoms with van der Waals surface area (Å²) >= 11 is 0. The van der Waals surface area contributed by atoms with E-state index in [1.165, 1.54) is 11.1 Å². The molecule has 0 amide bonds. The highest BCUT2D eigenvalue weighted by molar-refractivity contribution is 5.88. The Kier molecular flexibility index (Phi) is 3.72. The first-order chi connectivity index (χ1) is 8.80. The van der Waals surface area contributed by atoms with Crippen LogP contribution in [-0.2, 0) is 0 Å². The fraction of sp³-hybridized carbons (Fsp3) is 0.200. The van der Waals surface area contributed by atoms with Crippen LogP contribution in [0.1, 0.15) is 0 Å². The normalized spacial score (nSPS) is 9.94. The van der Waals surface area contributed by atoms with Crippen molar-refractivity contribution in [1.29, 1.82) is 0 Å². The Balaban J connectivity index is 2.57. The molecule has 0 aliphatic carbocycles. The molecule has 0 saturated heterocycles. The second-order valence-corrected chi connectivity index (χ2v) is 4.06. The van der Waals surface area contributed by atoms with E-state index in [1.54, 1.807) is 0 Å². The van der Waals surface area contributed by atoms with Gasteiger partial charge in [-0.15, -0.1) is 0 Å². The van der Waals surface area contributed by atoms with Gasteiger partial charge in [-0.3, -0.25) is 0 Å². The van der Waals surface area contributed by atoms with Crippen molar-refractivity contribution < 1.29 is 0 Å². The van der Waals surface area contributed by atoms with Crippen LogP contribution < -0.4 is 16.0 Å². The van der Waals surface area contributed by atoms with E-state index in [4.69, 9.17) is 0 Å². The van der Waals surface area contributed by atoms with Crippen molar-refractivity contribution >= 4 is 17.1 Å². The zero-order chi connectivity index (χ0) is 13.0. The summed E-state index contributed by atoms with van der Waals surface area (Å²) in [7, 11) is 5.80.